The second-order valence-electron chi connectivity index (χ2n) is 7.64. The quantitative estimate of drug-likeness (QED) is 0.494. The average molecular weight is 349 g/mol. The van der Waals surface area contributed by atoms with Crippen LogP contribution in [0, 0.1) is 5.92 Å². The Labute approximate surface area is 159 Å². The van der Waals surface area contributed by atoms with Crippen molar-refractivity contribution in [3.8, 4) is 11.1 Å². The summed E-state index contributed by atoms with van der Waals surface area (Å²) in [6.07, 6.45) is 9.58. The second kappa shape index (κ2) is 9.19. The van der Waals surface area contributed by atoms with E-state index in [0.717, 1.165) is 18.3 Å². The minimum absolute atomic E-state index is 0.688. The molecule has 0 heterocycles. The predicted octanol–water partition coefficient (Wildman–Crippen LogP) is 6.91. The molecule has 1 aliphatic carbocycles. The van der Waals surface area contributed by atoms with Gasteiger partial charge in [0.05, 0.1) is 6.61 Å². The molecule has 1 fully saturated rings. The van der Waals surface area contributed by atoms with Crippen molar-refractivity contribution in [2.24, 2.45) is 5.92 Å². The normalized spacial score (nSPS) is 20.1. The van der Waals surface area contributed by atoms with Gasteiger partial charge in [0.1, 0.15) is 0 Å². The molecule has 2 aromatic rings. The van der Waals surface area contributed by atoms with Crippen molar-refractivity contribution in [3.63, 3.8) is 0 Å². The van der Waals surface area contributed by atoms with E-state index in [1.54, 1.807) is 7.11 Å². The number of hydrogen-bond donors (Lipinski definition) is 0. The second-order valence-corrected chi connectivity index (χ2v) is 7.64. The Morgan fingerprint density at radius 3 is 2.27 bits per heavy atom. The highest BCUT2D eigenvalue weighted by Gasteiger charge is 2.20. The first-order valence-electron chi connectivity index (χ1n) is 10.1. The van der Waals surface area contributed by atoms with Crippen LogP contribution >= 0.6 is 0 Å². The van der Waals surface area contributed by atoms with Gasteiger partial charge >= 0.3 is 0 Å². The Hall–Kier alpha value is -1.86. The van der Waals surface area contributed by atoms with Gasteiger partial charge in [-0.05, 0) is 77.8 Å². The van der Waals surface area contributed by atoms with E-state index in [1.165, 1.54) is 59.9 Å². The van der Waals surface area contributed by atoms with E-state index in [2.05, 4.69) is 62.0 Å². The predicted molar refractivity (Wildman–Crippen MR) is 111 cm³/mol. The molecule has 0 spiro atoms. The Morgan fingerprint density at radius 2 is 1.65 bits per heavy atom. The summed E-state index contributed by atoms with van der Waals surface area (Å²) in [6, 6.07) is 16.1. The summed E-state index contributed by atoms with van der Waals surface area (Å²) >= 11 is 0. The molecule has 0 N–H and O–H groups in total. The first kappa shape index (κ1) is 18.9. The summed E-state index contributed by atoms with van der Waals surface area (Å²) in [4.78, 5) is 0. The van der Waals surface area contributed by atoms with Crippen LogP contribution in [0.5, 0.6) is 0 Å². The van der Waals surface area contributed by atoms with Crippen molar-refractivity contribution < 1.29 is 4.74 Å². The standard InChI is InChI=1S/C25H32O/c1-4-6-20-15-16-24(17-25(20)18-26-3)23-13-11-22(12-14-23)21-9-7-19(5-2)8-10-21/h5,11-17,19,21H,2,4,6-10,18H2,1,3H3. The van der Waals surface area contributed by atoms with E-state index in [0.29, 0.717) is 6.61 Å². The lowest BCUT2D eigenvalue weighted by Crippen LogP contribution is -2.11. The summed E-state index contributed by atoms with van der Waals surface area (Å²) in [5, 5.41) is 0. The van der Waals surface area contributed by atoms with E-state index < -0.39 is 0 Å². The maximum atomic E-state index is 5.42. The van der Waals surface area contributed by atoms with Crippen LogP contribution in [0.25, 0.3) is 11.1 Å². The minimum Gasteiger partial charge on any atom is -0.380 e. The summed E-state index contributed by atoms with van der Waals surface area (Å²) < 4.78 is 5.42. The molecule has 138 valence electrons. The van der Waals surface area contributed by atoms with Gasteiger partial charge in [-0.3, -0.25) is 0 Å². The van der Waals surface area contributed by atoms with Crippen LogP contribution in [0.3, 0.4) is 0 Å². The lowest BCUT2D eigenvalue weighted by Gasteiger charge is -2.27. The van der Waals surface area contributed by atoms with Crippen LogP contribution in [0.4, 0.5) is 0 Å². The van der Waals surface area contributed by atoms with Crippen molar-refractivity contribution in [2.45, 2.75) is 58.0 Å². The highest BCUT2D eigenvalue weighted by molar-refractivity contribution is 5.65. The van der Waals surface area contributed by atoms with E-state index in [1.807, 2.05) is 0 Å². The molecule has 0 unspecified atom stereocenters. The molecule has 0 atom stereocenters. The molecule has 1 nitrogen and oxygen atoms in total. The molecule has 1 aliphatic rings. The summed E-state index contributed by atoms with van der Waals surface area (Å²) in [5.41, 5.74) is 6.82. The largest absolute Gasteiger partial charge is 0.380 e. The van der Waals surface area contributed by atoms with Crippen molar-refractivity contribution in [1.82, 2.24) is 0 Å². The third-order valence-electron chi connectivity index (χ3n) is 5.85. The monoisotopic (exact) mass is 348 g/mol. The van der Waals surface area contributed by atoms with E-state index >= 15 is 0 Å². The molecule has 0 aliphatic heterocycles. The lowest BCUT2D eigenvalue weighted by molar-refractivity contribution is 0.184. The van der Waals surface area contributed by atoms with Gasteiger partial charge in [-0.15, -0.1) is 6.58 Å². The van der Waals surface area contributed by atoms with Crippen molar-refractivity contribution in [1.29, 1.82) is 0 Å². The Kier molecular flexibility index (Phi) is 6.68. The highest BCUT2D eigenvalue weighted by Crippen LogP contribution is 2.36. The average Bonchev–Trinajstić information content (AvgIpc) is 2.70. The Balaban J connectivity index is 1.76. The van der Waals surface area contributed by atoms with Gasteiger partial charge in [-0.1, -0.05) is 55.8 Å². The van der Waals surface area contributed by atoms with Gasteiger partial charge in [0.2, 0.25) is 0 Å². The molecule has 0 saturated heterocycles. The summed E-state index contributed by atoms with van der Waals surface area (Å²) in [5.74, 6) is 1.45. The van der Waals surface area contributed by atoms with Gasteiger partial charge in [-0.25, -0.2) is 0 Å². The first-order chi connectivity index (χ1) is 12.7. The molecule has 26 heavy (non-hydrogen) atoms. The third kappa shape index (κ3) is 4.45. The number of methoxy groups -OCH3 is 1. The van der Waals surface area contributed by atoms with Crippen molar-refractivity contribution in [3.05, 3.63) is 71.8 Å². The number of aryl methyl sites for hydroxylation is 1. The number of hydrogen-bond acceptors (Lipinski definition) is 1. The zero-order valence-electron chi connectivity index (χ0n) is 16.3. The Bertz CT molecular complexity index is 705. The van der Waals surface area contributed by atoms with Crippen LogP contribution in [-0.4, -0.2) is 7.11 Å². The fourth-order valence-electron chi connectivity index (χ4n) is 4.24. The number of ether oxygens (including phenoxy) is 1. The summed E-state index contributed by atoms with van der Waals surface area (Å²) in [6.45, 7) is 6.87. The molecule has 1 saturated carbocycles. The molecular formula is C25H32O. The molecule has 1 heteroatoms. The molecule has 3 rings (SSSR count). The molecule has 0 aromatic heterocycles. The molecule has 2 aromatic carbocycles. The number of allylic oxidation sites excluding steroid dienone is 1. The van der Waals surface area contributed by atoms with Gasteiger partial charge in [0.25, 0.3) is 0 Å². The van der Waals surface area contributed by atoms with Gasteiger partial charge in [-0.2, -0.15) is 0 Å². The van der Waals surface area contributed by atoms with Crippen LogP contribution < -0.4 is 0 Å². The van der Waals surface area contributed by atoms with Crippen LogP contribution in [0.15, 0.2) is 55.1 Å². The number of benzene rings is 2. The van der Waals surface area contributed by atoms with E-state index in [-0.39, 0.29) is 0 Å². The van der Waals surface area contributed by atoms with Crippen LogP contribution in [0.2, 0.25) is 0 Å². The Morgan fingerprint density at radius 1 is 0.962 bits per heavy atom. The maximum Gasteiger partial charge on any atom is 0.0715 e. The minimum atomic E-state index is 0.688. The van der Waals surface area contributed by atoms with Crippen molar-refractivity contribution >= 4 is 0 Å². The molecule has 0 radical (unpaired) electrons. The fourth-order valence-corrected chi connectivity index (χ4v) is 4.24. The van der Waals surface area contributed by atoms with Crippen LogP contribution in [0.1, 0.15) is 61.6 Å². The molecule has 0 bridgehead atoms. The van der Waals surface area contributed by atoms with Gasteiger partial charge in [0.15, 0.2) is 0 Å². The first-order valence-corrected chi connectivity index (χ1v) is 10.1. The van der Waals surface area contributed by atoms with E-state index in [9.17, 15) is 0 Å². The molecular weight excluding hydrogens is 316 g/mol. The molecule has 0 amide bonds. The van der Waals surface area contributed by atoms with Gasteiger partial charge in [0, 0.05) is 7.11 Å². The fraction of sp³-hybridized carbons (Fsp3) is 0.440. The van der Waals surface area contributed by atoms with Crippen LogP contribution in [-0.2, 0) is 17.8 Å². The van der Waals surface area contributed by atoms with Crippen molar-refractivity contribution in [2.75, 3.05) is 7.11 Å². The topological polar surface area (TPSA) is 9.23 Å². The zero-order valence-corrected chi connectivity index (χ0v) is 16.3. The third-order valence-corrected chi connectivity index (χ3v) is 5.85. The highest BCUT2D eigenvalue weighted by atomic mass is 16.5. The SMILES string of the molecule is C=CC1CCC(c2ccc(-c3ccc(CCC)c(COC)c3)cc2)CC1. The zero-order chi connectivity index (χ0) is 18.4. The van der Waals surface area contributed by atoms with Gasteiger partial charge < -0.3 is 4.74 Å². The smallest absolute Gasteiger partial charge is 0.0715 e. The lowest BCUT2D eigenvalue weighted by atomic mass is 9.78. The van der Waals surface area contributed by atoms with E-state index in [4.69, 9.17) is 4.74 Å². The maximum absolute atomic E-state index is 5.42. The number of rotatable bonds is 7. The summed E-state index contributed by atoms with van der Waals surface area (Å²) in [7, 11) is 1.78.